The summed E-state index contributed by atoms with van der Waals surface area (Å²) in [6, 6.07) is 7.59. The molecule has 0 amide bonds. The molecule has 0 N–H and O–H groups in total. The van der Waals surface area contributed by atoms with Crippen LogP contribution in [0.25, 0.3) is 17.0 Å². The van der Waals surface area contributed by atoms with Crippen LogP contribution in [0.2, 0.25) is 5.02 Å². The number of hydrogen-bond donors (Lipinski definition) is 0. The van der Waals surface area contributed by atoms with E-state index in [4.69, 9.17) is 21.3 Å². The number of aryl methyl sites for hydroxylation is 2. The molecule has 0 saturated carbocycles. The lowest BCUT2D eigenvalue weighted by Crippen LogP contribution is -2.22. The lowest BCUT2D eigenvalue weighted by molar-refractivity contribution is -0.143. The summed E-state index contributed by atoms with van der Waals surface area (Å²) in [6.07, 6.45) is 5.54. The van der Waals surface area contributed by atoms with E-state index in [2.05, 4.69) is 11.5 Å². The van der Waals surface area contributed by atoms with Gasteiger partial charge in [0.25, 0.3) is 5.56 Å². The molecule has 1 aromatic carbocycles. The van der Waals surface area contributed by atoms with Crippen molar-refractivity contribution in [3.63, 3.8) is 0 Å². The predicted octanol–water partition coefficient (Wildman–Crippen LogP) is 4.81. The van der Waals surface area contributed by atoms with E-state index in [-0.39, 0.29) is 17.9 Å². The Balaban J connectivity index is 2.08. The number of fused-ring (bicyclic) bond motifs is 1. The highest BCUT2D eigenvalue weighted by atomic mass is 35.5. The van der Waals surface area contributed by atoms with Gasteiger partial charge in [0.2, 0.25) is 5.78 Å². The lowest BCUT2D eigenvalue weighted by atomic mass is 10.1. The first kappa shape index (κ1) is 22.1. The standard InChI is InChI=1S/C23H28ClN3O3/c1-4-6-7-14-26-20(17-8-10-18(24)11-9-17)15-27-22(29)19(16(3)25-23(26)27)12-13-21(28)30-5-2/h8-11,15H,4-7,12-14H2,1-3H3. The minimum absolute atomic E-state index is 0.133. The van der Waals surface area contributed by atoms with Gasteiger partial charge in [0.1, 0.15) is 0 Å². The van der Waals surface area contributed by atoms with Crippen molar-refractivity contribution >= 4 is 23.3 Å². The zero-order valence-electron chi connectivity index (χ0n) is 17.8. The minimum atomic E-state index is -0.305. The van der Waals surface area contributed by atoms with E-state index in [0.717, 1.165) is 37.1 Å². The third kappa shape index (κ3) is 4.75. The topological polar surface area (TPSA) is 65.6 Å². The molecule has 3 aromatic rings. The molecule has 0 atom stereocenters. The van der Waals surface area contributed by atoms with E-state index in [1.54, 1.807) is 11.3 Å². The number of hydrogen-bond acceptors (Lipinski definition) is 4. The first-order valence-corrected chi connectivity index (χ1v) is 10.9. The molecular weight excluding hydrogens is 402 g/mol. The quantitative estimate of drug-likeness (QED) is 0.361. The summed E-state index contributed by atoms with van der Waals surface area (Å²) < 4.78 is 8.69. The number of halogens is 1. The van der Waals surface area contributed by atoms with Crippen LogP contribution in [0.5, 0.6) is 0 Å². The highest BCUT2D eigenvalue weighted by Gasteiger charge is 2.18. The average molecular weight is 430 g/mol. The fourth-order valence-electron chi connectivity index (χ4n) is 3.61. The van der Waals surface area contributed by atoms with Crippen LogP contribution >= 0.6 is 11.6 Å². The van der Waals surface area contributed by atoms with Crippen molar-refractivity contribution in [1.29, 1.82) is 0 Å². The first-order chi connectivity index (χ1) is 14.5. The Hall–Kier alpha value is -2.60. The number of benzene rings is 1. The average Bonchev–Trinajstić information content (AvgIpc) is 3.07. The summed E-state index contributed by atoms with van der Waals surface area (Å²) in [5, 5.41) is 0.666. The van der Waals surface area contributed by atoms with Crippen LogP contribution in [0.4, 0.5) is 0 Å². The van der Waals surface area contributed by atoms with E-state index in [9.17, 15) is 9.59 Å². The van der Waals surface area contributed by atoms with Crippen LogP contribution in [-0.4, -0.2) is 26.5 Å². The molecule has 0 unspecified atom stereocenters. The summed E-state index contributed by atoms with van der Waals surface area (Å²) in [4.78, 5) is 29.7. The van der Waals surface area contributed by atoms with Crippen molar-refractivity contribution in [3.05, 3.63) is 57.1 Å². The van der Waals surface area contributed by atoms with Gasteiger partial charge in [0.15, 0.2) is 0 Å². The van der Waals surface area contributed by atoms with Gasteiger partial charge in [-0.1, -0.05) is 43.5 Å². The number of ether oxygens (including phenoxy) is 1. The van der Waals surface area contributed by atoms with Crippen LogP contribution < -0.4 is 5.56 Å². The summed E-state index contributed by atoms with van der Waals surface area (Å²) in [5.41, 5.74) is 2.97. The summed E-state index contributed by atoms with van der Waals surface area (Å²) in [7, 11) is 0. The van der Waals surface area contributed by atoms with E-state index < -0.39 is 0 Å². The Kier molecular flexibility index (Phi) is 7.32. The number of nitrogens with zero attached hydrogens (tertiary/aromatic N) is 3. The third-order valence-electron chi connectivity index (χ3n) is 5.19. The Morgan fingerprint density at radius 3 is 2.57 bits per heavy atom. The Bertz CT molecular complexity index is 1080. The molecule has 3 rings (SSSR count). The van der Waals surface area contributed by atoms with Crippen molar-refractivity contribution in [2.75, 3.05) is 6.61 Å². The van der Waals surface area contributed by atoms with Crippen LogP contribution in [0.15, 0.2) is 35.3 Å². The summed E-state index contributed by atoms with van der Waals surface area (Å²) in [6.45, 7) is 6.87. The zero-order valence-corrected chi connectivity index (χ0v) is 18.5. The molecule has 2 aromatic heterocycles. The molecule has 30 heavy (non-hydrogen) atoms. The second-order valence-corrected chi connectivity index (χ2v) is 7.77. The summed E-state index contributed by atoms with van der Waals surface area (Å²) in [5.74, 6) is 0.318. The number of esters is 1. The number of carbonyl (C=O) groups is 1. The van der Waals surface area contributed by atoms with Crippen molar-refractivity contribution in [2.45, 2.75) is 59.4 Å². The van der Waals surface area contributed by atoms with Crippen LogP contribution in [-0.2, 0) is 22.5 Å². The maximum Gasteiger partial charge on any atom is 0.306 e. The number of aromatic nitrogens is 3. The zero-order chi connectivity index (χ0) is 21.7. The molecule has 0 saturated heterocycles. The highest BCUT2D eigenvalue weighted by molar-refractivity contribution is 6.30. The minimum Gasteiger partial charge on any atom is -0.466 e. The number of carbonyl (C=O) groups excluding carboxylic acids is 1. The summed E-state index contributed by atoms with van der Waals surface area (Å²) >= 11 is 6.06. The fraction of sp³-hybridized carbons (Fsp3) is 0.435. The molecule has 0 bridgehead atoms. The maximum absolute atomic E-state index is 13.2. The van der Waals surface area contributed by atoms with Crippen molar-refractivity contribution in [1.82, 2.24) is 14.0 Å². The fourth-order valence-corrected chi connectivity index (χ4v) is 3.73. The molecule has 7 heteroatoms. The Morgan fingerprint density at radius 2 is 1.90 bits per heavy atom. The molecule has 0 radical (unpaired) electrons. The molecule has 0 aliphatic heterocycles. The number of unbranched alkanes of at least 4 members (excludes halogenated alkanes) is 2. The van der Waals surface area contributed by atoms with Gasteiger partial charge in [-0.2, -0.15) is 0 Å². The molecule has 0 aliphatic carbocycles. The largest absolute Gasteiger partial charge is 0.466 e. The molecule has 160 valence electrons. The van der Waals surface area contributed by atoms with Crippen LogP contribution in [0.3, 0.4) is 0 Å². The van der Waals surface area contributed by atoms with E-state index >= 15 is 0 Å². The molecule has 6 nitrogen and oxygen atoms in total. The molecule has 0 aliphatic rings. The monoisotopic (exact) mass is 429 g/mol. The van der Waals surface area contributed by atoms with Gasteiger partial charge in [-0.15, -0.1) is 0 Å². The predicted molar refractivity (Wildman–Crippen MR) is 119 cm³/mol. The maximum atomic E-state index is 13.2. The van der Waals surface area contributed by atoms with Crippen molar-refractivity contribution in [3.8, 4) is 11.3 Å². The van der Waals surface area contributed by atoms with Gasteiger partial charge in [0, 0.05) is 35.4 Å². The van der Waals surface area contributed by atoms with E-state index in [1.165, 1.54) is 0 Å². The van der Waals surface area contributed by atoms with Crippen molar-refractivity contribution in [2.24, 2.45) is 0 Å². The molecular formula is C23H28ClN3O3. The SMILES string of the molecule is CCCCCn1c(-c2ccc(Cl)cc2)cn2c(=O)c(CCC(=O)OCC)c(C)nc12. The smallest absolute Gasteiger partial charge is 0.306 e. The van der Waals surface area contributed by atoms with E-state index in [1.807, 2.05) is 37.4 Å². The highest BCUT2D eigenvalue weighted by Crippen LogP contribution is 2.25. The first-order valence-electron chi connectivity index (χ1n) is 10.5. The van der Waals surface area contributed by atoms with Gasteiger partial charge < -0.3 is 9.30 Å². The number of rotatable bonds is 9. The van der Waals surface area contributed by atoms with Crippen molar-refractivity contribution < 1.29 is 9.53 Å². The van der Waals surface area contributed by atoms with Gasteiger partial charge in [-0.25, -0.2) is 4.98 Å². The van der Waals surface area contributed by atoms with E-state index in [0.29, 0.717) is 35.1 Å². The lowest BCUT2D eigenvalue weighted by Gasteiger charge is -2.10. The van der Waals surface area contributed by atoms with Crippen LogP contribution in [0.1, 0.15) is 50.8 Å². The second kappa shape index (κ2) is 9.94. The third-order valence-corrected chi connectivity index (χ3v) is 5.44. The normalized spacial score (nSPS) is 11.2. The molecule has 0 fully saturated rings. The molecule has 0 spiro atoms. The van der Waals surface area contributed by atoms with Gasteiger partial charge >= 0.3 is 5.97 Å². The Morgan fingerprint density at radius 1 is 1.17 bits per heavy atom. The van der Waals surface area contributed by atoms with Gasteiger partial charge in [0.05, 0.1) is 12.3 Å². The van der Waals surface area contributed by atoms with Gasteiger partial charge in [-0.3, -0.25) is 14.0 Å². The van der Waals surface area contributed by atoms with Crippen LogP contribution in [0, 0.1) is 6.92 Å². The second-order valence-electron chi connectivity index (χ2n) is 7.34. The number of imidazole rings is 1. The van der Waals surface area contributed by atoms with Gasteiger partial charge in [-0.05, 0) is 44.4 Å². The Labute approximate surface area is 181 Å². The molecule has 2 heterocycles.